The van der Waals surface area contributed by atoms with E-state index in [9.17, 15) is 0 Å². The average Bonchev–Trinajstić information content (AvgIpc) is 2.70. The van der Waals surface area contributed by atoms with E-state index in [0.29, 0.717) is 57.1 Å². The Morgan fingerprint density at radius 1 is 0.679 bits per heavy atom. The Bertz CT molecular complexity index is 373. The van der Waals surface area contributed by atoms with Gasteiger partial charge in [-0.1, -0.05) is 27.7 Å². The Morgan fingerprint density at radius 3 is 1.61 bits per heavy atom. The molecule has 7 atom stereocenters. The van der Waals surface area contributed by atoms with E-state index in [4.69, 9.17) is 32.4 Å². The molecule has 0 aromatic rings. The van der Waals surface area contributed by atoms with Gasteiger partial charge in [-0.3, -0.25) is 0 Å². The largest absolute Gasteiger partial charge is 0.378 e. The Kier molecular flexibility index (Phi) is 15.4. The van der Waals surface area contributed by atoms with Gasteiger partial charge in [-0.2, -0.15) is 0 Å². The number of nitrogens with two attached hydrogens (primary N) is 4. The molecule has 8 N–H and O–H groups in total. The van der Waals surface area contributed by atoms with E-state index in [2.05, 4.69) is 46.7 Å². The van der Waals surface area contributed by atoms with E-state index in [1.165, 1.54) is 0 Å². The van der Waals surface area contributed by atoms with Gasteiger partial charge in [0.25, 0.3) is 0 Å². The number of ether oxygens (including phenoxy) is 2. The van der Waals surface area contributed by atoms with Crippen LogP contribution in [-0.2, 0) is 9.47 Å². The highest BCUT2D eigenvalue weighted by molar-refractivity contribution is 4.84. The summed E-state index contributed by atoms with van der Waals surface area (Å²) in [5.41, 5.74) is 23.4. The molecule has 7 heteroatoms. The lowest BCUT2D eigenvalue weighted by molar-refractivity contribution is -0.0539. The third-order valence-corrected chi connectivity index (χ3v) is 5.70. The van der Waals surface area contributed by atoms with E-state index >= 15 is 0 Å². The van der Waals surface area contributed by atoms with Crippen LogP contribution in [0.5, 0.6) is 0 Å². The molecule has 0 saturated carbocycles. The van der Waals surface area contributed by atoms with Crippen LogP contribution < -0.4 is 22.9 Å². The van der Waals surface area contributed by atoms with Gasteiger partial charge in [-0.25, -0.2) is 0 Å². The van der Waals surface area contributed by atoms with Crippen molar-refractivity contribution in [2.75, 3.05) is 53.5 Å². The van der Waals surface area contributed by atoms with Crippen LogP contribution in [0.4, 0.5) is 0 Å². The molecule has 0 aliphatic heterocycles. The average molecular weight is 404 g/mol. The Morgan fingerprint density at radius 2 is 1.18 bits per heavy atom. The molecular formula is C21H49N5O2. The zero-order valence-electron chi connectivity index (χ0n) is 19.3. The lowest BCUT2D eigenvalue weighted by Crippen LogP contribution is -2.47. The van der Waals surface area contributed by atoms with Gasteiger partial charge >= 0.3 is 0 Å². The molecule has 0 bridgehead atoms. The molecule has 7 unspecified atom stereocenters. The van der Waals surface area contributed by atoms with E-state index in [0.717, 1.165) is 12.8 Å². The fourth-order valence-electron chi connectivity index (χ4n) is 3.22. The van der Waals surface area contributed by atoms with Crippen LogP contribution in [0, 0.1) is 23.7 Å². The fourth-order valence-corrected chi connectivity index (χ4v) is 3.22. The summed E-state index contributed by atoms with van der Waals surface area (Å²) in [5.74, 6) is 1.25. The van der Waals surface area contributed by atoms with Gasteiger partial charge in [0.1, 0.15) is 0 Å². The molecule has 170 valence electrons. The number of hydrogen-bond donors (Lipinski definition) is 4. The van der Waals surface area contributed by atoms with Crippen molar-refractivity contribution < 1.29 is 9.47 Å². The molecule has 7 nitrogen and oxygen atoms in total. The van der Waals surface area contributed by atoms with Gasteiger partial charge in [0.05, 0.1) is 25.4 Å². The molecule has 0 rings (SSSR count). The minimum atomic E-state index is 0.0609. The molecule has 0 aliphatic carbocycles. The van der Waals surface area contributed by atoms with Gasteiger partial charge in [0.15, 0.2) is 0 Å². The summed E-state index contributed by atoms with van der Waals surface area (Å²) in [6.07, 6.45) is 2.08. The molecular weight excluding hydrogens is 354 g/mol. The van der Waals surface area contributed by atoms with Crippen molar-refractivity contribution in [2.24, 2.45) is 46.6 Å². The molecule has 0 aromatic heterocycles. The van der Waals surface area contributed by atoms with E-state index < -0.39 is 0 Å². The zero-order valence-corrected chi connectivity index (χ0v) is 19.3. The molecule has 0 aliphatic rings. The first-order chi connectivity index (χ1) is 13.2. The highest BCUT2D eigenvalue weighted by Gasteiger charge is 2.30. The maximum atomic E-state index is 6.32. The van der Waals surface area contributed by atoms with Crippen molar-refractivity contribution in [1.82, 2.24) is 4.90 Å². The van der Waals surface area contributed by atoms with Crippen LogP contribution in [0.1, 0.15) is 40.5 Å². The summed E-state index contributed by atoms with van der Waals surface area (Å²) >= 11 is 0. The van der Waals surface area contributed by atoms with Crippen molar-refractivity contribution in [3.63, 3.8) is 0 Å². The molecule has 0 aromatic carbocycles. The lowest BCUT2D eigenvalue weighted by atomic mass is 9.90. The monoisotopic (exact) mass is 403 g/mol. The Hall–Kier alpha value is -0.280. The van der Waals surface area contributed by atoms with Gasteiger partial charge in [-0.05, 0) is 76.8 Å². The first kappa shape index (κ1) is 27.7. The molecule has 0 spiro atoms. The molecule has 0 saturated heterocycles. The number of rotatable bonds is 17. The predicted octanol–water partition coefficient (Wildman–Crippen LogP) is 0.846. The summed E-state index contributed by atoms with van der Waals surface area (Å²) in [7, 11) is 4.21. The molecule has 0 amide bonds. The summed E-state index contributed by atoms with van der Waals surface area (Å²) in [6, 6.07) is 0.256. The van der Waals surface area contributed by atoms with Crippen LogP contribution in [0.2, 0.25) is 0 Å². The molecule has 28 heavy (non-hydrogen) atoms. The zero-order chi connectivity index (χ0) is 21.7. The van der Waals surface area contributed by atoms with Crippen molar-refractivity contribution in [1.29, 1.82) is 0 Å². The van der Waals surface area contributed by atoms with Gasteiger partial charge in [0, 0.05) is 6.04 Å². The third-order valence-electron chi connectivity index (χ3n) is 5.70. The van der Waals surface area contributed by atoms with Gasteiger partial charge < -0.3 is 37.3 Å². The van der Waals surface area contributed by atoms with E-state index in [1.54, 1.807) is 0 Å². The number of likely N-dealkylation sites (N-methyl/N-ethyl adjacent to an activating group) is 1. The normalized spacial score (nSPS) is 19.8. The quantitative estimate of drug-likeness (QED) is 0.283. The highest BCUT2D eigenvalue weighted by atomic mass is 16.5. The number of nitrogens with zero attached hydrogens (tertiary/aromatic N) is 1. The van der Waals surface area contributed by atoms with Crippen molar-refractivity contribution in [3.05, 3.63) is 0 Å². The van der Waals surface area contributed by atoms with Gasteiger partial charge in [0.2, 0.25) is 0 Å². The topological polar surface area (TPSA) is 126 Å². The Labute approximate surface area is 173 Å². The van der Waals surface area contributed by atoms with Crippen molar-refractivity contribution >= 4 is 0 Å². The highest BCUT2D eigenvalue weighted by Crippen LogP contribution is 2.23. The fraction of sp³-hybridized carbons (Fsp3) is 1.00. The van der Waals surface area contributed by atoms with Crippen LogP contribution in [-0.4, -0.2) is 76.6 Å². The summed E-state index contributed by atoms with van der Waals surface area (Å²) in [5, 5.41) is 0. The van der Waals surface area contributed by atoms with Crippen LogP contribution in [0.25, 0.3) is 0 Å². The second-order valence-corrected chi connectivity index (χ2v) is 8.89. The SMILES string of the molecule is CC(CN)COC(CCC(C(OCC(C)CN)C(C)CN)N(C)C)C(C)CN. The third kappa shape index (κ3) is 10.5. The van der Waals surface area contributed by atoms with Crippen molar-refractivity contribution in [3.8, 4) is 0 Å². The second kappa shape index (κ2) is 15.5. The predicted molar refractivity (Wildman–Crippen MR) is 119 cm³/mol. The molecule has 0 radical (unpaired) electrons. The maximum absolute atomic E-state index is 6.32. The van der Waals surface area contributed by atoms with Crippen LogP contribution >= 0.6 is 0 Å². The first-order valence-corrected chi connectivity index (χ1v) is 10.9. The van der Waals surface area contributed by atoms with Gasteiger partial charge in [-0.15, -0.1) is 0 Å². The van der Waals surface area contributed by atoms with E-state index in [-0.39, 0.29) is 24.2 Å². The van der Waals surface area contributed by atoms with Crippen molar-refractivity contribution in [2.45, 2.75) is 58.8 Å². The molecule has 0 fully saturated rings. The molecule has 0 heterocycles. The smallest absolute Gasteiger partial charge is 0.0767 e. The lowest BCUT2D eigenvalue weighted by Gasteiger charge is -2.37. The number of hydrogen-bond acceptors (Lipinski definition) is 7. The van der Waals surface area contributed by atoms with E-state index in [1.807, 2.05) is 0 Å². The van der Waals surface area contributed by atoms with Crippen LogP contribution in [0.15, 0.2) is 0 Å². The second-order valence-electron chi connectivity index (χ2n) is 8.89. The standard InChI is InChI=1S/C21H49N5O2/c1-15(9-22)13-27-20(17(3)11-24)8-7-19(26(5)6)21(18(4)12-25)28-14-16(2)10-23/h15-21H,7-14,22-25H2,1-6H3. The Balaban J connectivity index is 5.11. The minimum Gasteiger partial charge on any atom is -0.378 e. The summed E-state index contributed by atoms with van der Waals surface area (Å²) in [4.78, 5) is 2.25. The minimum absolute atomic E-state index is 0.0609. The first-order valence-electron chi connectivity index (χ1n) is 10.9. The van der Waals surface area contributed by atoms with Crippen LogP contribution in [0.3, 0.4) is 0 Å². The summed E-state index contributed by atoms with van der Waals surface area (Å²) in [6.45, 7) is 12.3. The summed E-state index contributed by atoms with van der Waals surface area (Å²) < 4.78 is 12.5. The maximum Gasteiger partial charge on any atom is 0.0767 e.